The highest BCUT2D eigenvalue weighted by molar-refractivity contribution is 6.18. The summed E-state index contributed by atoms with van der Waals surface area (Å²) in [6, 6.07) is 0. The molecule has 3 atom stereocenters. The highest BCUT2D eigenvalue weighted by atomic mass is 35.5. The third-order valence-corrected chi connectivity index (χ3v) is 3.04. The Morgan fingerprint density at radius 3 is 3.00 bits per heavy atom. The average Bonchev–Trinajstić information content (AvgIpc) is 2.63. The summed E-state index contributed by atoms with van der Waals surface area (Å²) in [7, 11) is 1.64. The van der Waals surface area contributed by atoms with E-state index in [1.54, 1.807) is 7.11 Å². The maximum atomic E-state index is 5.78. The molecule has 3 unspecified atom stereocenters. The van der Waals surface area contributed by atoms with E-state index in [0.717, 1.165) is 0 Å². The second-order valence-electron chi connectivity index (χ2n) is 3.57. The molecule has 2 heterocycles. The minimum absolute atomic E-state index is 0.0209. The number of alkyl halides is 1. The van der Waals surface area contributed by atoms with Crippen molar-refractivity contribution in [2.24, 2.45) is 0 Å². The molecule has 82 valence electrons. The summed E-state index contributed by atoms with van der Waals surface area (Å²) in [5, 5.41) is 0. The van der Waals surface area contributed by atoms with Crippen molar-refractivity contribution in [3.8, 4) is 0 Å². The van der Waals surface area contributed by atoms with Gasteiger partial charge in [0.25, 0.3) is 0 Å². The Hall–Kier alpha value is 0.130. The highest BCUT2D eigenvalue weighted by Gasteiger charge is 2.50. The molecule has 0 saturated carbocycles. The van der Waals surface area contributed by atoms with Gasteiger partial charge in [-0.3, -0.25) is 0 Å². The molecular weight excluding hydrogens is 208 g/mol. The summed E-state index contributed by atoms with van der Waals surface area (Å²) >= 11 is 5.72. The largest absolute Gasteiger partial charge is 0.378 e. The maximum absolute atomic E-state index is 5.78. The van der Waals surface area contributed by atoms with Gasteiger partial charge in [-0.15, -0.1) is 11.6 Å². The molecule has 0 N–H and O–H groups in total. The van der Waals surface area contributed by atoms with Gasteiger partial charge in [0.1, 0.15) is 6.10 Å². The van der Waals surface area contributed by atoms with Crippen molar-refractivity contribution in [1.29, 1.82) is 0 Å². The first kappa shape index (κ1) is 10.6. The number of ether oxygens (including phenoxy) is 4. The first-order valence-electron chi connectivity index (χ1n) is 4.79. The molecule has 0 aromatic heterocycles. The van der Waals surface area contributed by atoms with Crippen molar-refractivity contribution in [1.82, 2.24) is 0 Å². The van der Waals surface area contributed by atoms with Gasteiger partial charge in [0, 0.05) is 13.5 Å². The van der Waals surface area contributed by atoms with Crippen LogP contribution in [0.1, 0.15) is 6.42 Å². The van der Waals surface area contributed by atoms with Gasteiger partial charge in [0.2, 0.25) is 0 Å². The predicted molar refractivity (Wildman–Crippen MR) is 50.5 cm³/mol. The van der Waals surface area contributed by atoms with Gasteiger partial charge in [-0.2, -0.15) is 0 Å². The van der Waals surface area contributed by atoms with E-state index in [1.165, 1.54) is 0 Å². The normalized spacial score (nSPS) is 43.3. The molecule has 0 bridgehead atoms. The van der Waals surface area contributed by atoms with E-state index < -0.39 is 5.79 Å². The molecule has 14 heavy (non-hydrogen) atoms. The molecular formula is C9H15ClO4. The molecule has 5 heteroatoms. The Kier molecular flexibility index (Phi) is 3.29. The molecule has 2 saturated heterocycles. The highest BCUT2D eigenvalue weighted by Crippen LogP contribution is 2.35. The van der Waals surface area contributed by atoms with Crippen LogP contribution in [0.25, 0.3) is 0 Å². The molecule has 4 nitrogen and oxygen atoms in total. The molecule has 0 amide bonds. The summed E-state index contributed by atoms with van der Waals surface area (Å²) in [5.41, 5.74) is 0. The Balaban J connectivity index is 2.05. The van der Waals surface area contributed by atoms with Crippen LogP contribution in [0.2, 0.25) is 0 Å². The fourth-order valence-corrected chi connectivity index (χ4v) is 2.05. The zero-order chi connectivity index (χ0) is 10.0. The third-order valence-electron chi connectivity index (χ3n) is 2.69. The van der Waals surface area contributed by atoms with Crippen LogP contribution < -0.4 is 0 Å². The van der Waals surface area contributed by atoms with Crippen LogP contribution >= 0.6 is 11.6 Å². The van der Waals surface area contributed by atoms with Crippen LogP contribution in [0.3, 0.4) is 0 Å². The lowest BCUT2D eigenvalue weighted by Gasteiger charge is -2.38. The van der Waals surface area contributed by atoms with Gasteiger partial charge in [-0.1, -0.05) is 0 Å². The summed E-state index contributed by atoms with van der Waals surface area (Å²) in [4.78, 5) is 0. The van der Waals surface area contributed by atoms with Crippen LogP contribution in [0.15, 0.2) is 0 Å². The lowest BCUT2D eigenvalue weighted by molar-refractivity contribution is -0.272. The SMILES string of the molecule is COC1COCCC12OCC(CCl)O2. The van der Waals surface area contributed by atoms with Crippen LogP contribution in [0, 0.1) is 0 Å². The van der Waals surface area contributed by atoms with E-state index in [2.05, 4.69) is 0 Å². The van der Waals surface area contributed by atoms with Crippen LogP contribution in [0.5, 0.6) is 0 Å². The Morgan fingerprint density at radius 1 is 1.50 bits per heavy atom. The Bertz CT molecular complexity index is 201. The zero-order valence-corrected chi connectivity index (χ0v) is 8.96. The maximum Gasteiger partial charge on any atom is 0.199 e. The lowest BCUT2D eigenvalue weighted by atomic mass is 10.1. The quantitative estimate of drug-likeness (QED) is 0.647. The molecule has 0 aromatic carbocycles. The molecule has 2 rings (SSSR count). The van der Waals surface area contributed by atoms with Gasteiger partial charge in [0.05, 0.1) is 31.8 Å². The molecule has 2 aliphatic rings. The van der Waals surface area contributed by atoms with E-state index >= 15 is 0 Å². The van der Waals surface area contributed by atoms with E-state index in [4.69, 9.17) is 30.5 Å². The standard InChI is InChI=1S/C9H15ClO4/c1-11-8-6-12-3-2-9(8)13-5-7(4-10)14-9/h7-8H,2-6H2,1H3. The molecule has 0 aliphatic carbocycles. The van der Waals surface area contributed by atoms with Gasteiger partial charge in [-0.25, -0.2) is 0 Å². The second kappa shape index (κ2) is 4.33. The van der Waals surface area contributed by atoms with E-state index in [-0.39, 0.29) is 12.2 Å². The van der Waals surface area contributed by atoms with Crippen molar-refractivity contribution in [2.45, 2.75) is 24.4 Å². The zero-order valence-electron chi connectivity index (χ0n) is 8.20. The third kappa shape index (κ3) is 1.77. The topological polar surface area (TPSA) is 36.9 Å². The smallest absolute Gasteiger partial charge is 0.199 e. The van der Waals surface area contributed by atoms with Gasteiger partial charge >= 0.3 is 0 Å². The number of hydrogen-bond acceptors (Lipinski definition) is 4. The predicted octanol–water partition coefficient (Wildman–Crippen LogP) is 0.772. The summed E-state index contributed by atoms with van der Waals surface area (Å²) in [6.45, 7) is 1.71. The van der Waals surface area contributed by atoms with Gasteiger partial charge in [0.15, 0.2) is 5.79 Å². The molecule has 0 radical (unpaired) electrons. The van der Waals surface area contributed by atoms with E-state index in [1.807, 2.05) is 0 Å². The molecule has 1 spiro atoms. The van der Waals surface area contributed by atoms with Crippen molar-refractivity contribution in [3.05, 3.63) is 0 Å². The van der Waals surface area contributed by atoms with Crippen molar-refractivity contribution >= 4 is 11.6 Å². The number of hydrogen-bond donors (Lipinski definition) is 0. The molecule has 0 aromatic rings. The summed E-state index contributed by atoms with van der Waals surface area (Å²) in [5.74, 6) is -0.161. The van der Waals surface area contributed by atoms with Crippen molar-refractivity contribution in [2.75, 3.05) is 32.8 Å². The van der Waals surface area contributed by atoms with E-state index in [9.17, 15) is 0 Å². The Morgan fingerprint density at radius 2 is 2.36 bits per heavy atom. The summed E-state index contributed by atoms with van der Waals surface area (Å²) < 4.78 is 22.1. The fourth-order valence-electron chi connectivity index (χ4n) is 1.90. The van der Waals surface area contributed by atoms with Crippen molar-refractivity contribution in [3.63, 3.8) is 0 Å². The first-order chi connectivity index (χ1) is 6.80. The van der Waals surface area contributed by atoms with E-state index in [0.29, 0.717) is 32.1 Å². The number of halogens is 1. The number of rotatable bonds is 2. The molecule has 2 fully saturated rings. The van der Waals surface area contributed by atoms with Crippen molar-refractivity contribution < 1.29 is 18.9 Å². The average molecular weight is 223 g/mol. The Labute approximate surface area is 88.4 Å². The van der Waals surface area contributed by atoms with Crippen LogP contribution in [-0.4, -0.2) is 50.8 Å². The van der Waals surface area contributed by atoms with Crippen LogP contribution in [0.4, 0.5) is 0 Å². The minimum Gasteiger partial charge on any atom is -0.378 e. The lowest BCUT2D eigenvalue weighted by Crippen LogP contribution is -2.51. The van der Waals surface area contributed by atoms with Gasteiger partial charge in [-0.05, 0) is 0 Å². The summed E-state index contributed by atoms with van der Waals surface area (Å²) in [6.07, 6.45) is 0.538. The fraction of sp³-hybridized carbons (Fsp3) is 1.00. The van der Waals surface area contributed by atoms with Crippen LogP contribution in [-0.2, 0) is 18.9 Å². The minimum atomic E-state index is -0.618. The monoisotopic (exact) mass is 222 g/mol. The second-order valence-corrected chi connectivity index (χ2v) is 3.87. The molecule has 2 aliphatic heterocycles. The first-order valence-corrected chi connectivity index (χ1v) is 5.32. The number of methoxy groups -OCH3 is 1. The van der Waals surface area contributed by atoms with Gasteiger partial charge < -0.3 is 18.9 Å².